The van der Waals surface area contributed by atoms with E-state index in [4.69, 9.17) is 9.47 Å². The number of hydrogen-bond acceptors (Lipinski definition) is 4. The van der Waals surface area contributed by atoms with Gasteiger partial charge in [0.1, 0.15) is 22.8 Å². The van der Waals surface area contributed by atoms with E-state index in [0.29, 0.717) is 11.8 Å². The van der Waals surface area contributed by atoms with Gasteiger partial charge in [-0.3, -0.25) is 0 Å². The normalized spacial score (nSPS) is 33.8. The first-order chi connectivity index (χ1) is 18.3. The average molecular weight is 511 g/mol. The van der Waals surface area contributed by atoms with Crippen molar-refractivity contribution in [2.24, 2.45) is 17.3 Å². The molecule has 2 aromatic rings. The van der Waals surface area contributed by atoms with Crippen LogP contribution in [-0.4, -0.2) is 29.0 Å². The molecule has 4 heteroatoms. The molecule has 1 unspecified atom stereocenters. The van der Waals surface area contributed by atoms with Crippen molar-refractivity contribution in [2.45, 2.75) is 76.4 Å². The second kappa shape index (κ2) is 9.63. The molecule has 0 spiro atoms. The number of rotatable bonds is 4. The molecule has 198 valence electrons. The molecule has 2 N–H and O–H groups in total. The highest BCUT2D eigenvalue weighted by atomic mass is 16.5. The average Bonchev–Trinajstić information content (AvgIpc) is 3.19. The zero-order valence-electron chi connectivity index (χ0n) is 22.7. The molecule has 0 saturated heterocycles. The first-order valence-electron chi connectivity index (χ1n) is 14.1. The molecule has 4 aliphatic carbocycles. The Bertz CT molecular complexity index is 1330. The minimum atomic E-state index is -0.947. The number of aliphatic hydroxyl groups is 2. The zero-order chi connectivity index (χ0) is 26.5. The summed E-state index contributed by atoms with van der Waals surface area (Å²) >= 11 is 0. The fourth-order valence-corrected chi connectivity index (χ4v) is 8.04. The summed E-state index contributed by atoms with van der Waals surface area (Å²) in [6, 6.07) is 16.1. The Hall–Kier alpha value is -3.00. The van der Waals surface area contributed by atoms with E-state index < -0.39 is 5.60 Å². The Morgan fingerprint density at radius 3 is 2.29 bits per heavy atom. The quantitative estimate of drug-likeness (QED) is 0.438. The zero-order valence-corrected chi connectivity index (χ0v) is 22.7. The molecule has 0 aliphatic heterocycles. The van der Waals surface area contributed by atoms with Gasteiger partial charge in [-0.1, -0.05) is 36.6 Å². The minimum Gasteiger partial charge on any atom is -0.497 e. The number of methoxy groups -OCH3 is 1. The molecule has 0 amide bonds. The second-order valence-corrected chi connectivity index (χ2v) is 11.8. The number of benzene rings is 2. The third-order valence-corrected chi connectivity index (χ3v) is 9.92. The molecule has 2 saturated carbocycles. The van der Waals surface area contributed by atoms with Gasteiger partial charge in [0.2, 0.25) is 0 Å². The van der Waals surface area contributed by atoms with Crippen molar-refractivity contribution in [3.63, 3.8) is 0 Å². The highest BCUT2D eigenvalue weighted by Gasteiger charge is 2.62. The van der Waals surface area contributed by atoms with Gasteiger partial charge in [0.25, 0.3) is 0 Å². The number of allylic oxidation sites excluding steroid dienone is 3. The van der Waals surface area contributed by atoms with Gasteiger partial charge in [0.05, 0.1) is 13.2 Å². The number of aliphatic hydroxyl groups excluding tert-OH is 1. The summed E-state index contributed by atoms with van der Waals surface area (Å²) < 4.78 is 11.4. The highest BCUT2D eigenvalue weighted by Crippen LogP contribution is 2.66. The Morgan fingerprint density at radius 2 is 1.61 bits per heavy atom. The molecule has 2 aromatic carbocycles. The summed E-state index contributed by atoms with van der Waals surface area (Å²) in [5.74, 6) is 9.77. The summed E-state index contributed by atoms with van der Waals surface area (Å²) in [6.07, 6.45) is 8.26. The summed E-state index contributed by atoms with van der Waals surface area (Å²) in [6.45, 7) is 4.13. The van der Waals surface area contributed by atoms with E-state index in [1.165, 1.54) is 16.7 Å². The fourth-order valence-electron chi connectivity index (χ4n) is 8.04. The highest BCUT2D eigenvalue weighted by molar-refractivity contribution is 5.50. The van der Waals surface area contributed by atoms with Gasteiger partial charge in [-0.2, -0.15) is 0 Å². The molecule has 0 aromatic heterocycles. The van der Waals surface area contributed by atoms with E-state index >= 15 is 0 Å². The molecule has 38 heavy (non-hydrogen) atoms. The van der Waals surface area contributed by atoms with E-state index in [2.05, 4.69) is 49.1 Å². The summed E-state index contributed by atoms with van der Waals surface area (Å²) in [5, 5.41) is 22.2. The first kappa shape index (κ1) is 25.3. The third kappa shape index (κ3) is 4.08. The summed E-state index contributed by atoms with van der Waals surface area (Å²) in [7, 11) is 1.66. The lowest BCUT2D eigenvalue weighted by Gasteiger charge is -2.54. The maximum absolute atomic E-state index is 11.9. The van der Waals surface area contributed by atoms with Crippen LogP contribution in [-0.2, 0) is 0 Å². The smallest absolute Gasteiger partial charge is 0.131 e. The van der Waals surface area contributed by atoms with Gasteiger partial charge in [-0.25, -0.2) is 0 Å². The maximum Gasteiger partial charge on any atom is 0.131 e. The van der Waals surface area contributed by atoms with E-state index in [-0.39, 0.29) is 17.4 Å². The van der Waals surface area contributed by atoms with Crippen LogP contribution in [0.1, 0.15) is 70.3 Å². The molecule has 0 bridgehead atoms. The van der Waals surface area contributed by atoms with Gasteiger partial charge in [0.15, 0.2) is 0 Å². The number of hydrogen-bond donors (Lipinski definition) is 2. The van der Waals surface area contributed by atoms with Crippen LogP contribution in [0.15, 0.2) is 71.3 Å². The van der Waals surface area contributed by atoms with Crippen LogP contribution in [0.25, 0.3) is 0 Å². The van der Waals surface area contributed by atoms with Gasteiger partial charge in [-0.05, 0) is 117 Å². The Balaban J connectivity index is 1.38. The van der Waals surface area contributed by atoms with Crippen molar-refractivity contribution in [3.8, 4) is 29.1 Å². The van der Waals surface area contributed by atoms with Crippen LogP contribution in [0.2, 0.25) is 0 Å². The van der Waals surface area contributed by atoms with Gasteiger partial charge >= 0.3 is 0 Å². The topological polar surface area (TPSA) is 58.9 Å². The number of fused-ring (bicyclic) bond motifs is 4. The molecular weight excluding hydrogens is 472 g/mol. The van der Waals surface area contributed by atoms with Crippen molar-refractivity contribution in [1.29, 1.82) is 0 Å². The van der Waals surface area contributed by atoms with Crippen LogP contribution in [0.5, 0.6) is 17.2 Å². The lowest BCUT2D eigenvalue weighted by molar-refractivity contribution is -0.0514. The molecule has 2 fully saturated rings. The van der Waals surface area contributed by atoms with E-state index in [9.17, 15) is 10.2 Å². The molecule has 6 atom stereocenters. The Labute approximate surface area is 226 Å². The van der Waals surface area contributed by atoms with Gasteiger partial charge in [-0.15, -0.1) is 5.92 Å². The molecular formula is C34H38O4. The second-order valence-electron chi connectivity index (χ2n) is 11.8. The van der Waals surface area contributed by atoms with Crippen molar-refractivity contribution < 1.29 is 19.7 Å². The van der Waals surface area contributed by atoms with Crippen LogP contribution in [0.4, 0.5) is 0 Å². The van der Waals surface area contributed by atoms with Crippen molar-refractivity contribution >= 4 is 0 Å². The monoisotopic (exact) mass is 510 g/mol. The van der Waals surface area contributed by atoms with E-state index in [0.717, 1.165) is 62.2 Å². The minimum absolute atomic E-state index is 0.216. The lowest BCUT2D eigenvalue weighted by atomic mass is 9.51. The number of ether oxygens (including phenoxy) is 2. The Kier molecular flexibility index (Phi) is 6.41. The van der Waals surface area contributed by atoms with Crippen molar-refractivity contribution in [1.82, 2.24) is 0 Å². The molecule has 4 nitrogen and oxygen atoms in total. The Morgan fingerprint density at radius 1 is 0.921 bits per heavy atom. The van der Waals surface area contributed by atoms with Crippen LogP contribution in [0, 0.1) is 29.1 Å². The molecule has 4 aliphatic rings. The van der Waals surface area contributed by atoms with Crippen LogP contribution < -0.4 is 9.47 Å². The standard InChI is InChI=1S/C34H38O4/c1-4-18-34(36)19-17-31-29-15-7-23-20-24(35)8-16-28(23)32(29)30(21-33(31,34)2)22-5-9-26(10-6-22)38-27-13-11-25(37-3)12-14-27/h5-6,9-14,20,24,29-31,35-36H,7-8,15-17,19,21H2,1-3H3/t24?,29-,30+,31-,33-,34-/m0/s1. The molecule has 0 radical (unpaired) electrons. The van der Waals surface area contributed by atoms with Gasteiger partial charge < -0.3 is 19.7 Å². The SMILES string of the molecule is CC#C[C@]1(O)CC[C@H]2[C@@H]3CCC4=CC(O)CCC4=C3[C@@H](c3ccc(Oc4ccc(OC)cc4)cc3)C[C@@]21C. The first-order valence-corrected chi connectivity index (χ1v) is 14.1. The summed E-state index contributed by atoms with van der Waals surface area (Å²) in [5.41, 5.74) is 4.46. The van der Waals surface area contributed by atoms with E-state index in [1.54, 1.807) is 12.7 Å². The van der Waals surface area contributed by atoms with Gasteiger partial charge in [0, 0.05) is 11.3 Å². The largest absolute Gasteiger partial charge is 0.497 e. The van der Waals surface area contributed by atoms with Crippen LogP contribution >= 0.6 is 0 Å². The third-order valence-electron chi connectivity index (χ3n) is 9.92. The predicted molar refractivity (Wildman–Crippen MR) is 149 cm³/mol. The maximum atomic E-state index is 11.9. The fraction of sp³-hybridized carbons (Fsp3) is 0.471. The van der Waals surface area contributed by atoms with E-state index in [1.807, 2.05) is 31.2 Å². The van der Waals surface area contributed by atoms with Crippen molar-refractivity contribution in [3.05, 3.63) is 76.9 Å². The lowest BCUT2D eigenvalue weighted by Crippen LogP contribution is -2.51. The summed E-state index contributed by atoms with van der Waals surface area (Å²) in [4.78, 5) is 0. The molecule has 0 heterocycles. The van der Waals surface area contributed by atoms with Crippen molar-refractivity contribution in [2.75, 3.05) is 7.11 Å². The predicted octanol–water partition coefficient (Wildman–Crippen LogP) is 6.93. The van der Waals surface area contributed by atoms with Crippen LogP contribution in [0.3, 0.4) is 0 Å². The molecule has 6 rings (SSSR count).